The van der Waals surface area contributed by atoms with Crippen molar-refractivity contribution in [3.63, 3.8) is 0 Å². The van der Waals surface area contributed by atoms with E-state index in [0.717, 1.165) is 41.8 Å². The molecule has 0 heterocycles. The van der Waals surface area contributed by atoms with Gasteiger partial charge in [0.2, 0.25) is 0 Å². The molecule has 0 bridgehead atoms. The zero-order valence-corrected chi connectivity index (χ0v) is 11.4. The molecule has 1 unspecified atom stereocenters. The zero-order valence-electron chi connectivity index (χ0n) is 11.4. The summed E-state index contributed by atoms with van der Waals surface area (Å²) in [5, 5.41) is 0. The summed E-state index contributed by atoms with van der Waals surface area (Å²) in [4.78, 5) is 16.7. The number of carbonyl (C=O) groups is 1. The molecule has 0 fully saturated rings. The number of aliphatic imine (C=N–C) groups is 1. The Morgan fingerprint density at radius 1 is 1.20 bits per heavy atom. The van der Waals surface area contributed by atoms with E-state index < -0.39 is 0 Å². The molecule has 0 aliphatic heterocycles. The Kier molecular flexibility index (Phi) is 3.61. The fourth-order valence-corrected chi connectivity index (χ4v) is 2.63. The molecule has 1 aromatic carbocycles. The van der Waals surface area contributed by atoms with E-state index >= 15 is 0 Å². The molecule has 0 amide bonds. The Bertz CT molecular complexity index is 626. The first-order chi connectivity index (χ1) is 9.72. The minimum atomic E-state index is 0.0606. The molecule has 2 aliphatic rings. The number of carbonyl (C=O) groups excluding carboxylic acids is 1. The van der Waals surface area contributed by atoms with Gasteiger partial charge in [-0.15, -0.1) is 0 Å². The Hall–Kier alpha value is -2.00. The fraction of sp³-hybridized carbons (Fsp3) is 0.294. The third-order valence-corrected chi connectivity index (χ3v) is 3.80. The van der Waals surface area contributed by atoms with Crippen LogP contribution in [0.25, 0.3) is 0 Å². The number of hydrogen-bond donors (Lipinski definition) is 1. The van der Waals surface area contributed by atoms with Crippen molar-refractivity contribution in [2.24, 2.45) is 10.7 Å². The van der Waals surface area contributed by atoms with E-state index in [0.29, 0.717) is 6.42 Å². The number of benzene rings is 1. The number of hydrogen-bond acceptors (Lipinski definition) is 3. The normalized spacial score (nSPS) is 24.2. The Morgan fingerprint density at radius 2 is 2.05 bits per heavy atom. The molecule has 2 aliphatic carbocycles. The lowest BCUT2D eigenvalue weighted by atomic mass is 9.99. The lowest BCUT2D eigenvalue weighted by Crippen LogP contribution is -2.21. The van der Waals surface area contributed by atoms with Gasteiger partial charge in [-0.3, -0.25) is 9.79 Å². The molecular weight excluding hydrogens is 248 g/mol. The molecule has 1 aromatic rings. The monoisotopic (exact) mass is 266 g/mol. The van der Waals surface area contributed by atoms with Crippen LogP contribution in [0.1, 0.15) is 35.2 Å². The highest BCUT2D eigenvalue weighted by molar-refractivity contribution is 6.13. The molecule has 2 N–H and O–H groups in total. The van der Waals surface area contributed by atoms with E-state index in [1.807, 2.05) is 30.3 Å². The van der Waals surface area contributed by atoms with Crippen molar-refractivity contribution < 1.29 is 4.79 Å². The van der Waals surface area contributed by atoms with Crippen molar-refractivity contribution in [1.82, 2.24) is 0 Å². The Balaban J connectivity index is 1.89. The Labute approximate surface area is 118 Å². The summed E-state index contributed by atoms with van der Waals surface area (Å²) in [6, 6.07) is 8.02. The number of nitrogens with two attached hydrogens (primary N) is 1. The van der Waals surface area contributed by atoms with E-state index in [4.69, 9.17) is 10.7 Å². The van der Waals surface area contributed by atoms with Gasteiger partial charge in [0.1, 0.15) is 0 Å². The van der Waals surface area contributed by atoms with Gasteiger partial charge in [-0.05, 0) is 37.0 Å². The maximum Gasteiger partial charge on any atom is 0.186 e. The summed E-state index contributed by atoms with van der Waals surface area (Å²) in [6.45, 7) is 0. The van der Waals surface area contributed by atoms with Crippen LogP contribution < -0.4 is 5.73 Å². The van der Waals surface area contributed by atoms with E-state index in [1.165, 1.54) is 0 Å². The van der Waals surface area contributed by atoms with Gasteiger partial charge in [-0.1, -0.05) is 30.3 Å². The van der Waals surface area contributed by atoms with Gasteiger partial charge in [0, 0.05) is 29.4 Å². The van der Waals surface area contributed by atoms with Crippen molar-refractivity contribution in [2.75, 3.05) is 0 Å². The molecular formula is C17H18N2O. The van der Waals surface area contributed by atoms with Crippen LogP contribution in [-0.4, -0.2) is 17.5 Å². The van der Waals surface area contributed by atoms with Crippen molar-refractivity contribution in [3.8, 4) is 0 Å². The molecule has 3 nitrogen and oxygen atoms in total. The zero-order chi connectivity index (χ0) is 13.9. The van der Waals surface area contributed by atoms with Crippen LogP contribution in [0.3, 0.4) is 0 Å². The number of rotatable bonds is 1. The second-order valence-corrected chi connectivity index (χ2v) is 5.36. The highest BCUT2D eigenvalue weighted by Crippen LogP contribution is 2.20. The van der Waals surface area contributed by atoms with Gasteiger partial charge < -0.3 is 5.73 Å². The molecule has 20 heavy (non-hydrogen) atoms. The van der Waals surface area contributed by atoms with Gasteiger partial charge in [0.15, 0.2) is 5.78 Å². The van der Waals surface area contributed by atoms with Gasteiger partial charge in [0.05, 0.1) is 0 Å². The summed E-state index contributed by atoms with van der Waals surface area (Å²) in [5.74, 6) is 0.0606. The van der Waals surface area contributed by atoms with Crippen LogP contribution >= 0.6 is 0 Å². The number of fused-ring (bicyclic) bond motifs is 1. The summed E-state index contributed by atoms with van der Waals surface area (Å²) < 4.78 is 0. The number of ketones is 1. The first-order valence-electron chi connectivity index (χ1n) is 7.05. The molecule has 0 saturated carbocycles. The van der Waals surface area contributed by atoms with E-state index in [-0.39, 0.29) is 11.8 Å². The van der Waals surface area contributed by atoms with Crippen LogP contribution in [0.2, 0.25) is 0 Å². The minimum absolute atomic E-state index is 0.0606. The maximum atomic E-state index is 12.0. The lowest BCUT2D eigenvalue weighted by Gasteiger charge is -2.16. The van der Waals surface area contributed by atoms with E-state index in [9.17, 15) is 4.79 Å². The van der Waals surface area contributed by atoms with Crippen LogP contribution in [0, 0.1) is 0 Å². The SMILES string of the molecule is NC1CC=C(N=C2C=CC(=O)c3ccccc3C2)CC1. The van der Waals surface area contributed by atoms with Crippen LogP contribution in [-0.2, 0) is 6.42 Å². The highest BCUT2D eigenvalue weighted by Gasteiger charge is 2.15. The number of allylic oxidation sites excluding steroid dienone is 3. The molecule has 0 spiro atoms. The fourth-order valence-electron chi connectivity index (χ4n) is 2.63. The molecule has 3 rings (SSSR count). The van der Waals surface area contributed by atoms with Gasteiger partial charge >= 0.3 is 0 Å². The first-order valence-corrected chi connectivity index (χ1v) is 7.05. The second-order valence-electron chi connectivity index (χ2n) is 5.36. The molecule has 1 atom stereocenters. The van der Waals surface area contributed by atoms with E-state index in [1.54, 1.807) is 6.08 Å². The van der Waals surface area contributed by atoms with Crippen LogP contribution in [0.15, 0.2) is 53.2 Å². The standard InChI is InChI=1S/C17H18N2O/c18-13-5-7-14(8-6-13)19-15-9-10-17(20)16-4-2-1-3-12(16)11-15/h1-4,7,9-10,13H,5-6,8,11,18H2. The smallest absolute Gasteiger partial charge is 0.186 e. The van der Waals surface area contributed by atoms with Crippen molar-refractivity contribution in [2.45, 2.75) is 31.7 Å². The first kappa shape index (κ1) is 13.0. The van der Waals surface area contributed by atoms with Gasteiger partial charge in [-0.25, -0.2) is 0 Å². The molecule has 3 heteroatoms. The second kappa shape index (κ2) is 5.55. The highest BCUT2D eigenvalue weighted by atomic mass is 16.1. The predicted molar refractivity (Wildman–Crippen MR) is 81.0 cm³/mol. The average molecular weight is 266 g/mol. The topological polar surface area (TPSA) is 55.4 Å². The molecule has 0 saturated heterocycles. The van der Waals surface area contributed by atoms with Crippen LogP contribution in [0.4, 0.5) is 0 Å². The van der Waals surface area contributed by atoms with Crippen molar-refractivity contribution in [1.29, 1.82) is 0 Å². The van der Waals surface area contributed by atoms with Gasteiger partial charge in [0.25, 0.3) is 0 Å². The van der Waals surface area contributed by atoms with Crippen molar-refractivity contribution in [3.05, 3.63) is 59.3 Å². The third-order valence-electron chi connectivity index (χ3n) is 3.80. The molecule has 0 radical (unpaired) electrons. The average Bonchev–Trinajstić information content (AvgIpc) is 2.62. The Morgan fingerprint density at radius 3 is 2.85 bits per heavy atom. The minimum Gasteiger partial charge on any atom is -0.327 e. The van der Waals surface area contributed by atoms with E-state index in [2.05, 4.69) is 6.08 Å². The van der Waals surface area contributed by atoms with Gasteiger partial charge in [-0.2, -0.15) is 0 Å². The molecule has 0 aromatic heterocycles. The summed E-state index contributed by atoms with van der Waals surface area (Å²) >= 11 is 0. The number of nitrogens with zero attached hydrogens (tertiary/aromatic N) is 1. The summed E-state index contributed by atoms with van der Waals surface area (Å²) in [5.41, 5.74) is 9.77. The third kappa shape index (κ3) is 2.78. The van der Waals surface area contributed by atoms with Crippen LogP contribution in [0.5, 0.6) is 0 Å². The predicted octanol–water partition coefficient (Wildman–Crippen LogP) is 2.82. The largest absolute Gasteiger partial charge is 0.327 e. The quantitative estimate of drug-likeness (QED) is 0.849. The summed E-state index contributed by atoms with van der Waals surface area (Å²) in [6.07, 6.45) is 9.11. The summed E-state index contributed by atoms with van der Waals surface area (Å²) in [7, 11) is 0. The molecule has 102 valence electrons. The van der Waals surface area contributed by atoms with Crippen molar-refractivity contribution >= 4 is 11.5 Å². The maximum absolute atomic E-state index is 12.0. The lowest BCUT2D eigenvalue weighted by molar-refractivity contribution is 0.104.